The molecule has 0 saturated carbocycles. The first-order valence-corrected chi connectivity index (χ1v) is 4.87. The Morgan fingerprint density at radius 3 is 2.53 bits per heavy atom. The second kappa shape index (κ2) is 3.65. The van der Waals surface area contributed by atoms with E-state index >= 15 is 0 Å². The van der Waals surface area contributed by atoms with E-state index in [1.807, 2.05) is 37.3 Å². The van der Waals surface area contributed by atoms with Gasteiger partial charge in [-0.25, -0.2) is 4.68 Å². The topological polar surface area (TPSA) is 52.9 Å². The van der Waals surface area contributed by atoms with Crippen LogP contribution in [0.1, 0.15) is 6.92 Å². The summed E-state index contributed by atoms with van der Waals surface area (Å²) < 4.78 is 3.33. The monoisotopic (exact) mass is 203 g/mol. The first-order valence-electron chi connectivity index (χ1n) is 4.87. The molecule has 0 aliphatic carbocycles. The van der Waals surface area contributed by atoms with Crippen LogP contribution in [0, 0.1) is 0 Å². The molecule has 4 heteroatoms. The Kier molecular flexibility index (Phi) is 2.33. The van der Waals surface area contributed by atoms with Crippen LogP contribution < -0.4 is 11.3 Å². The number of benzene rings is 1. The highest BCUT2D eigenvalue weighted by atomic mass is 16.1. The maximum absolute atomic E-state index is 11.7. The lowest BCUT2D eigenvalue weighted by Gasteiger charge is -2.10. The minimum absolute atomic E-state index is 0.0967. The van der Waals surface area contributed by atoms with Crippen molar-refractivity contribution in [1.82, 2.24) is 9.36 Å². The fourth-order valence-electron chi connectivity index (χ4n) is 1.66. The van der Waals surface area contributed by atoms with Gasteiger partial charge in [-0.3, -0.25) is 9.48 Å². The predicted molar refractivity (Wildman–Crippen MR) is 60.1 cm³/mol. The van der Waals surface area contributed by atoms with Gasteiger partial charge in [0.25, 0.3) is 5.56 Å². The quantitative estimate of drug-likeness (QED) is 0.798. The predicted octanol–water partition coefficient (Wildman–Crippen LogP) is 1.24. The molecular weight excluding hydrogens is 190 g/mol. The van der Waals surface area contributed by atoms with Crippen molar-refractivity contribution < 1.29 is 0 Å². The Labute approximate surface area is 87.5 Å². The van der Waals surface area contributed by atoms with Gasteiger partial charge < -0.3 is 5.73 Å². The molecule has 0 atom stereocenters. The summed E-state index contributed by atoms with van der Waals surface area (Å²) in [4.78, 5) is 11.7. The first-order chi connectivity index (χ1) is 7.24. The molecule has 0 amide bonds. The second-order valence-corrected chi connectivity index (χ2v) is 3.27. The van der Waals surface area contributed by atoms with E-state index in [0.717, 1.165) is 5.69 Å². The zero-order valence-corrected chi connectivity index (χ0v) is 8.55. The van der Waals surface area contributed by atoms with E-state index in [0.29, 0.717) is 12.4 Å². The van der Waals surface area contributed by atoms with Crippen molar-refractivity contribution in [3.05, 3.63) is 46.8 Å². The van der Waals surface area contributed by atoms with Crippen LogP contribution in [0.25, 0.3) is 5.69 Å². The van der Waals surface area contributed by atoms with Crippen LogP contribution in [0.4, 0.5) is 5.82 Å². The summed E-state index contributed by atoms with van der Waals surface area (Å²) in [6.07, 6.45) is 0. The number of aromatic nitrogens is 2. The zero-order chi connectivity index (χ0) is 10.8. The van der Waals surface area contributed by atoms with Gasteiger partial charge >= 0.3 is 0 Å². The van der Waals surface area contributed by atoms with Gasteiger partial charge in [-0.1, -0.05) is 18.2 Å². The molecule has 0 radical (unpaired) electrons. The number of nitrogens with zero attached hydrogens (tertiary/aromatic N) is 2. The summed E-state index contributed by atoms with van der Waals surface area (Å²) >= 11 is 0. The highest BCUT2D eigenvalue weighted by molar-refractivity contribution is 5.36. The van der Waals surface area contributed by atoms with Gasteiger partial charge in [-0.2, -0.15) is 0 Å². The highest BCUT2D eigenvalue weighted by Crippen LogP contribution is 2.08. The SMILES string of the molecule is CCn1c(N)cc(=O)n1-c1ccccc1. The molecular formula is C11H13N3O. The van der Waals surface area contributed by atoms with Crippen LogP contribution in [0.15, 0.2) is 41.2 Å². The van der Waals surface area contributed by atoms with Gasteiger partial charge in [0.15, 0.2) is 0 Å². The molecule has 2 N–H and O–H groups in total. The summed E-state index contributed by atoms with van der Waals surface area (Å²) in [7, 11) is 0. The number of para-hydroxylation sites is 1. The normalized spacial score (nSPS) is 10.5. The number of hydrogen-bond donors (Lipinski definition) is 1. The van der Waals surface area contributed by atoms with Crippen LogP contribution in [-0.4, -0.2) is 9.36 Å². The Balaban J connectivity index is 2.67. The lowest BCUT2D eigenvalue weighted by Crippen LogP contribution is -2.20. The molecule has 0 aliphatic heterocycles. The molecule has 0 fully saturated rings. The zero-order valence-electron chi connectivity index (χ0n) is 8.55. The minimum atomic E-state index is -0.0967. The number of nitrogens with two attached hydrogens (primary N) is 1. The molecule has 0 saturated heterocycles. The number of nitrogen functional groups attached to an aromatic ring is 1. The molecule has 1 aromatic heterocycles. The van der Waals surface area contributed by atoms with Gasteiger partial charge in [-0.05, 0) is 19.1 Å². The van der Waals surface area contributed by atoms with Crippen LogP contribution in [-0.2, 0) is 6.54 Å². The molecule has 0 unspecified atom stereocenters. The van der Waals surface area contributed by atoms with Crippen molar-refractivity contribution in [2.75, 3.05) is 5.73 Å². The Bertz CT molecular complexity index is 510. The molecule has 15 heavy (non-hydrogen) atoms. The fraction of sp³-hybridized carbons (Fsp3) is 0.182. The van der Waals surface area contributed by atoms with Crippen molar-refractivity contribution in [3.8, 4) is 5.69 Å². The van der Waals surface area contributed by atoms with Crippen LogP contribution >= 0.6 is 0 Å². The molecule has 1 aromatic carbocycles. The van der Waals surface area contributed by atoms with E-state index in [2.05, 4.69) is 0 Å². The van der Waals surface area contributed by atoms with E-state index in [4.69, 9.17) is 5.73 Å². The van der Waals surface area contributed by atoms with Gasteiger partial charge in [0, 0.05) is 12.6 Å². The summed E-state index contributed by atoms with van der Waals surface area (Å²) in [6.45, 7) is 2.62. The van der Waals surface area contributed by atoms with Crippen LogP contribution in [0.2, 0.25) is 0 Å². The molecule has 2 rings (SSSR count). The van der Waals surface area contributed by atoms with E-state index in [1.54, 1.807) is 9.36 Å². The Morgan fingerprint density at radius 1 is 1.27 bits per heavy atom. The largest absolute Gasteiger partial charge is 0.384 e. The molecule has 0 aliphatic rings. The first kappa shape index (κ1) is 9.58. The van der Waals surface area contributed by atoms with E-state index < -0.39 is 0 Å². The van der Waals surface area contributed by atoms with Crippen LogP contribution in [0.5, 0.6) is 0 Å². The highest BCUT2D eigenvalue weighted by Gasteiger charge is 2.07. The second-order valence-electron chi connectivity index (χ2n) is 3.27. The smallest absolute Gasteiger partial charge is 0.273 e. The van der Waals surface area contributed by atoms with Crippen molar-refractivity contribution in [1.29, 1.82) is 0 Å². The average Bonchev–Trinajstić information content (AvgIpc) is 2.54. The third-order valence-electron chi connectivity index (χ3n) is 2.32. The maximum atomic E-state index is 11.7. The summed E-state index contributed by atoms with van der Waals surface area (Å²) in [5.41, 5.74) is 6.47. The average molecular weight is 203 g/mol. The molecule has 0 bridgehead atoms. The summed E-state index contributed by atoms with van der Waals surface area (Å²) in [6, 6.07) is 10.9. The summed E-state index contributed by atoms with van der Waals surface area (Å²) in [5.74, 6) is 0.492. The standard InChI is InChI=1S/C11H13N3O/c1-2-13-10(12)8-11(15)14(13)9-6-4-3-5-7-9/h3-8H,2,12H2,1H3. The van der Waals surface area contributed by atoms with Crippen molar-refractivity contribution in [3.63, 3.8) is 0 Å². The number of anilines is 1. The van der Waals surface area contributed by atoms with Crippen molar-refractivity contribution in [2.45, 2.75) is 13.5 Å². The third-order valence-corrected chi connectivity index (χ3v) is 2.32. The van der Waals surface area contributed by atoms with Crippen LogP contribution in [0.3, 0.4) is 0 Å². The minimum Gasteiger partial charge on any atom is -0.384 e. The van der Waals surface area contributed by atoms with Crippen molar-refractivity contribution >= 4 is 5.82 Å². The van der Waals surface area contributed by atoms with Gasteiger partial charge in [0.2, 0.25) is 0 Å². The Hall–Kier alpha value is -1.97. The molecule has 0 spiro atoms. The van der Waals surface area contributed by atoms with E-state index in [1.165, 1.54) is 6.07 Å². The van der Waals surface area contributed by atoms with E-state index in [9.17, 15) is 4.79 Å². The fourth-order valence-corrected chi connectivity index (χ4v) is 1.66. The number of rotatable bonds is 2. The van der Waals surface area contributed by atoms with Gasteiger partial charge in [-0.15, -0.1) is 0 Å². The molecule has 1 heterocycles. The summed E-state index contributed by atoms with van der Waals surface area (Å²) in [5, 5.41) is 0. The lowest BCUT2D eigenvalue weighted by atomic mass is 10.3. The number of hydrogen-bond acceptors (Lipinski definition) is 2. The van der Waals surface area contributed by atoms with Crippen molar-refractivity contribution in [2.24, 2.45) is 0 Å². The van der Waals surface area contributed by atoms with E-state index in [-0.39, 0.29) is 5.56 Å². The maximum Gasteiger partial charge on any atom is 0.273 e. The Morgan fingerprint density at radius 2 is 1.93 bits per heavy atom. The lowest BCUT2D eigenvalue weighted by molar-refractivity contribution is 0.582. The molecule has 2 aromatic rings. The molecule has 4 nitrogen and oxygen atoms in total. The third kappa shape index (κ3) is 1.54. The molecule has 78 valence electrons. The van der Waals surface area contributed by atoms with Gasteiger partial charge in [0.1, 0.15) is 5.82 Å². The van der Waals surface area contributed by atoms with Gasteiger partial charge in [0.05, 0.1) is 5.69 Å².